The van der Waals surface area contributed by atoms with E-state index >= 15 is 0 Å². The van der Waals surface area contributed by atoms with Crippen LogP contribution in [0.15, 0.2) is 18.3 Å². The van der Waals surface area contributed by atoms with E-state index in [1.807, 2.05) is 13.0 Å². The monoisotopic (exact) mass is 271 g/mol. The van der Waals surface area contributed by atoms with Crippen molar-refractivity contribution < 1.29 is 4.79 Å². The normalized spacial score (nSPS) is 11.6. The molecule has 0 unspecified atom stereocenters. The predicted octanol–water partition coefficient (Wildman–Crippen LogP) is 0.738. The molecule has 2 rings (SSSR count). The van der Waals surface area contributed by atoms with Crippen LogP contribution >= 0.6 is 0 Å². The molecule has 8 heteroatoms. The molecule has 1 amide bonds. The average Bonchev–Trinajstić information content (AvgIpc) is 3.01. The Kier molecular flexibility index (Phi) is 4.34. The van der Waals surface area contributed by atoms with Crippen molar-refractivity contribution in [3.05, 3.63) is 35.4 Å². The van der Waals surface area contributed by atoms with Gasteiger partial charge in [0.25, 0.3) is 5.91 Å². The molecule has 0 aromatic carbocycles. The van der Waals surface area contributed by atoms with Gasteiger partial charge in [-0.15, -0.1) is 10.2 Å². The number of tetrazole rings is 1. The number of carbonyl (C=O) groups excluding carboxylic acids is 1. The molecule has 0 spiro atoms. The number of amides is 1. The quantitative estimate of drug-likeness (QED) is 0.827. The Morgan fingerprint density at radius 1 is 1.55 bits per heavy atom. The Bertz CT molecular complexity index is 600. The maximum absolute atomic E-state index is 12.1. The first-order valence-electron chi connectivity index (χ1n) is 6.15. The second kappa shape index (κ2) is 6.38. The number of nitrogens with zero attached hydrogens (tertiary/aromatic N) is 5. The second-order valence-corrected chi connectivity index (χ2v) is 4.13. The van der Waals surface area contributed by atoms with Gasteiger partial charge in [0.05, 0.1) is 11.6 Å². The summed E-state index contributed by atoms with van der Waals surface area (Å²) in [6.45, 7) is 2.00. The van der Waals surface area contributed by atoms with Gasteiger partial charge in [0.2, 0.25) is 0 Å². The Labute approximate surface area is 115 Å². The summed E-state index contributed by atoms with van der Waals surface area (Å²) in [6, 6.07) is 4.69. The molecule has 0 aliphatic carbocycles. The molecule has 1 atom stereocenters. The highest BCUT2D eigenvalue weighted by molar-refractivity contribution is 5.92. The number of nitriles is 1. The minimum atomic E-state index is -0.335. The standard InChI is InChI=1S/C12H13N7O/c1-2-3-9(11-16-18-19-17-11)15-12(20)10-5-4-8(6-13)7-14-10/h4-5,7,9H,2-3H2,1H3,(H,15,20)(H,16,17,18,19)/t9-/m0/s1. The summed E-state index contributed by atoms with van der Waals surface area (Å²) in [4.78, 5) is 16.0. The average molecular weight is 271 g/mol. The van der Waals surface area contributed by atoms with Crippen LogP contribution in [0.25, 0.3) is 0 Å². The van der Waals surface area contributed by atoms with Crippen LogP contribution in [0.3, 0.4) is 0 Å². The molecule has 8 nitrogen and oxygen atoms in total. The highest BCUT2D eigenvalue weighted by atomic mass is 16.1. The van der Waals surface area contributed by atoms with Crippen LogP contribution in [0.2, 0.25) is 0 Å². The van der Waals surface area contributed by atoms with Crippen LogP contribution < -0.4 is 5.32 Å². The molecule has 0 radical (unpaired) electrons. The maximum Gasteiger partial charge on any atom is 0.270 e. The summed E-state index contributed by atoms with van der Waals surface area (Å²) in [5, 5.41) is 25.1. The number of aromatic amines is 1. The van der Waals surface area contributed by atoms with Crippen molar-refractivity contribution in [2.75, 3.05) is 0 Å². The van der Waals surface area contributed by atoms with E-state index in [9.17, 15) is 4.79 Å². The first-order valence-corrected chi connectivity index (χ1v) is 6.15. The molecule has 0 saturated heterocycles. The van der Waals surface area contributed by atoms with E-state index < -0.39 is 0 Å². The van der Waals surface area contributed by atoms with Crippen LogP contribution in [0.5, 0.6) is 0 Å². The molecular weight excluding hydrogens is 258 g/mol. The minimum Gasteiger partial charge on any atom is -0.341 e. The molecule has 0 saturated carbocycles. The van der Waals surface area contributed by atoms with Crippen molar-refractivity contribution in [3.63, 3.8) is 0 Å². The molecule has 0 fully saturated rings. The third-order valence-corrected chi connectivity index (χ3v) is 2.68. The van der Waals surface area contributed by atoms with Gasteiger partial charge >= 0.3 is 0 Å². The lowest BCUT2D eigenvalue weighted by molar-refractivity contribution is 0.0927. The van der Waals surface area contributed by atoms with E-state index in [0.29, 0.717) is 17.8 Å². The molecule has 2 heterocycles. The number of pyridine rings is 1. The zero-order chi connectivity index (χ0) is 14.4. The fourth-order valence-electron chi connectivity index (χ4n) is 1.70. The van der Waals surface area contributed by atoms with Crippen LogP contribution in [0.4, 0.5) is 0 Å². The largest absolute Gasteiger partial charge is 0.341 e. The summed E-state index contributed by atoms with van der Waals surface area (Å²) in [5.74, 6) is 0.103. The summed E-state index contributed by atoms with van der Waals surface area (Å²) in [5.41, 5.74) is 0.651. The first kappa shape index (κ1) is 13.6. The van der Waals surface area contributed by atoms with Gasteiger partial charge in [-0.05, 0) is 18.6 Å². The van der Waals surface area contributed by atoms with Gasteiger partial charge in [-0.2, -0.15) is 10.5 Å². The van der Waals surface area contributed by atoms with Gasteiger partial charge in [-0.1, -0.05) is 18.6 Å². The minimum absolute atomic E-state index is 0.244. The van der Waals surface area contributed by atoms with E-state index in [-0.39, 0.29) is 17.6 Å². The van der Waals surface area contributed by atoms with Crippen molar-refractivity contribution in [3.8, 4) is 6.07 Å². The molecule has 102 valence electrons. The van der Waals surface area contributed by atoms with Gasteiger partial charge in [-0.3, -0.25) is 4.79 Å². The SMILES string of the molecule is CCC[C@H](NC(=O)c1ccc(C#N)cn1)c1nn[nH]n1. The Morgan fingerprint density at radius 3 is 2.95 bits per heavy atom. The molecule has 2 aromatic rings. The van der Waals surface area contributed by atoms with Gasteiger partial charge < -0.3 is 5.32 Å². The van der Waals surface area contributed by atoms with Crippen molar-refractivity contribution in [1.29, 1.82) is 5.26 Å². The number of aromatic nitrogens is 5. The lowest BCUT2D eigenvalue weighted by Gasteiger charge is -2.13. The second-order valence-electron chi connectivity index (χ2n) is 4.13. The zero-order valence-corrected chi connectivity index (χ0v) is 10.9. The van der Waals surface area contributed by atoms with Gasteiger partial charge in [0.1, 0.15) is 11.8 Å². The molecule has 0 aliphatic heterocycles. The van der Waals surface area contributed by atoms with E-state index in [0.717, 1.165) is 6.42 Å². The molecule has 20 heavy (non-hydrogen) atoms. The van der Waals surface area contributed by atoms with Crippen molar-refractivity contribution in [1.82, 2.24) is 30.9 Å². The number of rotatable bonds is 5. The third-order valence-electron chi connectivity index (χ3n) is 2.68. The number of carbonyl (C=O) groups is 1. The zero-order valence-electron chi connectivity index (χ0n) is 10.9. The number of hydrogen-bond acceptors (Lipinski definition) is 6. The topological polar surface area (TPSA) is 120 Å². The fraction of sp³-hybridized carbons (Fsp3) is 0.333. The van der Waals surface area contributed by atoms with Crippen LogP contribution in [-0.4, -0.2) is 31.5 Å². The third kappa shape index (κ3) is 3.14. The number of nitrogens with one attached hydrogen (secondary N) is 2. The molecule has 0 bridgehead atoms. The van der Waals surface area contributed by atoms with Gasteiger partial charge in [-0.25, -0.2) is 4.98 Å². The van der Waals surface area contributed by atoms with Crippen molar-refractivity contribution in [2.24, 2.45) is 0 Å². The van der Waals surface area contributed by atoms with Crippen molar-refractivity contribution >= 4 is 5.91 Å². The maximum atomic E-state index is 12.1. The van der Waals surface area contributed by atoms with Crippen LogP contribution in [-0.2, 0) is 0 Å². The lowest BCUT2D eigenvalue weighted by atomic mass is 10.1. The smallest absolute Gasteiger partial charge is 0.270 e. The Balaban J connectivity index is 2.10. The molecule has 0 aliphatic rings. The Hall–Kier alpha value is -2.82. The van der Waals surface area contributed by atoms with E-state index in [2.05, 4.69) is 30.9 Å². The van der Waals surface area contributed by atoms with Gasteiger partial charge in [0.15, 0.2) is 5.82 Å². The molecule has 2 N–H and O–H groups in total. The van der Waals surface area contributed by atoms with E-state index in [4.69, 9.17) is 5.26 Å². The highest BCUT2D eigenvalue weighted by Gasteiger charge is 2.19. The predicted molar refractivity (Wildman–Crippen MR) is 68.2 cm³/mol. The number of hydrogen-bond donors (Lipinski definition) is 2. The molecular formula is C12H13N7O. The lowest BCUT2D eigenvalue weighted by Crippen LogP contribution is -2.30. The summed E-state index contributed by atoms with van der Waals surface area (Å²) in [7, 11) is 0. The van der Waals surface area contributed by atoms with Gasteiger partial charge in [0, 0.05) is 6.20 Å². The first-order chi connectivity index (χ1) is 9.74. The summed E-state index contributed by atoms with van der Waals surface area (Å²) >= 11 is 0. The number of H-pyrrole nitrogens is 1. The van der Waals surface area contributed by atoms with E-state index in [1.54, 1.807) is 6.07 Å². The van der Waals surface area contributed by atoms with Crippen LogP contribution in [0, 0.1) is 11.3 Å². The van der Waals surface area contributed by atoms with E-state index in [1.165, 1.54) is 12.3 Å². The highest BCUT2D eigenvalue weighted by Crippen LogP contribution is 2.13. The molecule has 2 aromatic heterocycles. The van der Waals surface area contributed by atoms with Crippen molar-refractivity contribution in [2.45, 2.75) is 25.8 Å². The summed E-state index contributed by atoms with van der Waals surface area (Å²) in [6.07, 6.45) is 2.92. The van der Waals surface area contributed by atoms with Crippen LogP contribution in [0.1, 0.15) is 47.7 Å². The fourth-order valence-corrected chi connectivity index (χ4v) is 1.70. The Morgan fingerprint density at radius 2 is 2.40 bits per heavy atom. The summed E-state index contributed by atoms with van der Waals surface area (Å²) < 4.78 is 0.